The molecule has 0 spiro atoms. The molecule has 0 aliphatic heterocycles. The third-order valence-corrected chi connectivity index (χ3v) is 8.72. The third kappa shape index (κ3) is 4.65. The minimum Gasteiger partial charge on any atom is -0.263 e. The maximum Gasteiger partial charge on any atom is 0.325 e. The van der Waals surface area contributed by atoms with E-state index in [-0.39, 0.29) is 12.8 Å². The molecule has 0 aliphatic rings. The first kappa shape index (κ1) is 23.4. The summed E-state index contributed by atoms with van der Waals surface area (Å²) in [5.74, 6) is -1.91. The van der Waals surface area contributed by atoms with Crippen molar-refractivity contribution >= 4 is 19.7 Å². The van der Waals surface area contributed by atoms with Crippen LogP contribution in [0.25, 0.3) is 0 Å². The predicted molar refractivity (Wildman–Crippen MR) is 107 cm³/mol. The van der Waals surface area contributed by atoms with E-state index in [0.717, 1.165) is 24.3 Å². The molecule has 0 bridgehead atoms. The number of hydrogen-bond donors (Lipinski definition) is 0. The predicted octanol–water partition coefficient (Wildman–Crippen LogP) is 2.56. The minimum absolute atomic E-state index is 0.105. The lowest BCUT2D eigenvalue weighted by Crippen LogP contribution is -2.48. The summed E-state index contributed by atoms with van der Waals surface area (Å²) >= 11 is 0. The van der Waals surface area contributed by atoms with E-state index in [1.807, 2.05) is 0 Å². The third-order valence-electron chi connectivity index (χ3n) is 4.55. The van der Waals surface area contributed by atoms with E-state index >= 15 is 0 Å². The van der Waals surface area contributed by atoms with Crippen molar-refractivity contribution in [2.45, 2.75) is 40.3 Å². The quantitative estimate of drug-likeness (QED) is 0.390. The second-order valence-electron chi connectivity index (χ2n) is 6.52. The van der Waals surface area contributed by atoms with Gasteiger partial charge in [0.25, 0.3) is 0 Å². The molecule has 0 radical (unpaired) electrons. The van der Waals surface area contributed by atoms with Crippen LogP contribution in [0.3, 0.4) is 0 Å². The summed E-state index contributed by atoms with van der Waals surface area (Å²) in [7, 11) is -9.42. The van der Waals surface area contributed by atoms with Crippen molar-refractivity contribution in [3.05, 3.63) is 80.9 Å². The first-order chi connectivity index (χ1) is 14.0. The molecule has 10 nitrogen and oxygen atoms in total. The lowest BCUT2D eigenvalue weighted by atomic mass is 10.0. The van der Waals surface area contributed by atoms with Crippen LogP contribution in [0.15, 0.2) is 70.5 Å². The summed E-state index contributed by atoms with van der Waals surface area (Å²) in [4.78, 5) is 20.5. The van der Waals surface area contributed by atoms with Gasteiger partial charge in [0.2, 0.25) is 19.7 Å². The Kier molecular flexibility index (Phi) is 7.26. The van der Waals surface area contributed by atoms with Gasteiger partial charge in [-0.3, -0.25) is 20.2 Å². The van der Waals surface area contributed by atoms with E-state index in [9.17, 15) is 37.1 Å². The topological polar surface area (TPSA) is 155 Å². The average molecular weight is 456 g/mol. The van der Waals surface area contributed by atoms with E-state index < -0.39 is 56.0 Å². The zero-order chi connectivity index (χ0) is 22.5. The van der Waals surface area contributed by atoms with Crippen molar-refractivity contribution in [1.82, 2.24) is 0 Å². The molecule has 0 aliphatic carbocycles. The highest BCUT2D eigenvalue weighted by molar-refractivity contribution is 7.92. The molecule has 0 N–H and O–H groups in total. The van der Waals surface area contributed by atoms with Crippen LogP contribution in [0.2, 0.25) is 0 Å². The van der Waals surface area contributed by atoms with Gasteiger partial charge < -0.3 is 0 Å². The van der Waals surface area contributed by atoms with Crippen LogP contribution in [0.5, 0.6) is 0 Å². The highest BCUT2D eigenvalue weighted by Gasteiger charge is 2.57. The molecular formula is C18H20N2O8S2. The number of sulfone groups is 2. The summed E-state index contributed by atoms with van der Waals surface area (Å²) in [5.41, 5.74) is 0. The molecule has 2 rings (SSSR count). The van der Waals surface area contributed by atoms with Crippen molar-refractivity contribution in [1.29, 1.82) is 0 Å². The van der Waals surface area contributed by atoms with Gasteiger partial charge in [0.1, 0.15) is 5.92 Å². The van der Waals surface area contributed by atoms with Gasteiger partial charge in [0.05, 0.1) is 9.79 Å². The summed E-state index contributed by atoms with van der Waals surface area (Å²) < 4.78 is 52.1. The Hall–Kier alpha value is -2.86. The van der Waals surface area contributed by atoms with Crippen LogP contribution in [0, 0.1) is 26.1 Å². The first-order valence-electron chi connectivity index (χ1n) is 8.90. The van der Waals surface area contributed by atoms with Crippen molar-refractivity contribution in [2.24, 2.45) is 5.92 Å². The summed E-state index contributed by atoms with van der Waals surface area (Å²) in [6, 6.07) is 12.9. The molecule has 0 aromatic heterocycles. The number of hydrogen-bond acceptors (Lipinski definition) is 8. The highest BCUT2D eigenvalue weighted by Crippen LogP contribution is 2.33. The van der Waals surface area contributed by atoms with E-state index in [4.69, 9.17) is 0 Å². The van der Waals surface area contributed by atoms with Gasteiger partial charge >= 0.3 is 10.7 Å². The zero-order valence-electron chi connectivity index (χ0n) is 15.9. The standard InChI is InChI=1S/C18H20N2O8S2/c1-2-9-16(17(19(21)22)29(25,26)14-10-5-3-6-11-14)18(20(23)24)30(27,28)15-12-7-4-8-13-15/h3-8,10-13,16-18H,2,9H2,1H3. The number of rotatable bonds is 10. The Morgan fingerprint density at radius 1 is 0.733 bits per heavy atom. The molecule has 2 unspecified atom stereocenters. The number of benzene rings is 2. The van der Waals surface area contributed by atoms with E-state index in [1.54, 1.807) is 0 Å². The second kappa shape index (κ2) is 9.30. The Morgan fingerprint density at radius 2 is 1.07 bits per heavy atom. The molecule has 2 atom stereocenters. The lowest BCUT2D eigenvalue weighted by molar-refractivity contribution is -0.545. The molecule has 162 valence electrons. The smallest absolute Gasteiger partial charge is 0.263 e. The van der Waals surface area contributed by atoms with Crippen LogP contribution in [-0.4, -0.2) is 37.4 Å². The van der Waals surface area contributed by atoms with Crippen molar-refractivity contribution in [3.63, 3.8) is 0 Å². The molecule has 0 saturated heterocycles. The Morgan fingerprint density at radius 3 is 1.33 bits per heavy atom. The summed E-state index contributed by atoms with van der Waals surface area (Å²) in [6.45, 7) is 1.53. The molecule has 0 amide bonds. The Bertz CT molecular complexity index is 1020. The van der Waals surface area contributed by atoms with Crippen LogP contribution in [-0.2, 0) is 19.7 Å². The molecule has 2 aromatic rings. The van der Waals surface area contributed by atoms with Crippen LogP contribution in [0.1, 0.15) is 19.8 Å². The maximum absolute atomic E-state index is 13.0. The molecule has 12 heteroatoms. The van der Waals surface area contributed by atoms with Crippen LogP contribution < -0.4 is 0 Å². The fourth-order valence-corrected chi connectivity index (χ4v) is 6.93. The van der Waals surface area contributed by atoms with Gasteiger partial charge in [-0.1, -0.05) is 49.7 Å². The largest absolute Gasteiger partial charge is 0.325 e. The van der Waals surface area contributed by atoms with Crippen molar-refractivity contribution in [2.75, 3.05) is 0 Å². The molecule has 2 aromatic carbocycles. The average Bonchev–Trinajstić information content (AvgIpc) is 2.68. The van der Waals surface area contributed by atoms with Gasteiger partial charge in [0.15, 0.2) is 0 Å². The summed E-state index contributed by atoms with van der Waals surface area (Å²) in [6.07, 6.45) is -0.247. The van der Waals surface area contributed by atoms with Gasteiger partial charge in [-0.2, -0.15) is 0 Å². The highest BCUT2D eigenvalue weighted by atomic mass is 32.2. The zero-order valence-corrected chi connectivity index (χ0v) is 17.5. The van der Waals surface area contributed by atoms with Crippen molar-refractivity contribution in [3.8, 4) is 0 Å². The molecule has 0 heterocycles. The summed E-state index contributed by atoms with van der Waals surface area (Å²) in [5, 5.41) is 18.7. The molecule has 0 saturated carbocycles. The van der Waals surface area contributed by atoms with E-state index in [0.29, 0.717) is 0 Å². The lowest BCUT2D eigenvalue weighted by Gasteiger charge is -2.23. The minimum atomic E-state index is -4.71. The fraction of sp³-hybridized carbons (Fsp3) is 0.333. The van der Waals surface area contributed by atoms with Gasteiger partial charge in [-0.05, 0) is 30.7 Å². The van der Waals surface area contributed by atoms with Crippen LogP contribution >= 0.6 is 0 Å². The van der Waals surface area contributed by atoms with Gasteiger partial charge in [-0.15, -0.1) is 0 Å². The van der Waals surface area contributed by atoms with Gasteiger partial charge in [-0.25, -0.2) is 16.8 Å². The van der Waals surface area contributed by atoms with E-state index in [1.165, 1.54) is 43.3 Å². The van der Waals surface area contributed by atoms with E-state index in [2.05, 4.69) is 0 Å². The van der Waals surface area contributed by atoms with Crippen LogP contribution in [0.4, 0.5) is 0 Å². The van der Waals surface area contributed by atoms with Gasteiger partial charge in [0, 0.05) is 9.85 Å². The number of nitro groups is 2. The fourth-order valence-electron chi connectivity index (χ4n) is 3.26. The molecule has 30 heavy (non-hydrogen) atoms. The second-order valence-corrected chi connectivity index (χ2v) is 10.6. The molecular weight excluding hydrogens is 436 g/mol. The Balaban J connectivity index is 2.71. The maximum atomic E-state index is 13.0. The Labute approximate surface area is 173 Å². The number of nitrogens with zero attached hydrogens (tertiary/aromatic N) is 2. The molecule has 0 fully saturated rings. The van der Waals surface area contributed by atoms with Crippen molar-refractivity contribution < 1.29 is 26.7 Å². The monoisotopic (exact) mass is 456 g/mol. The normalized spacial score (nSPS) is 15.1. The SMILES string of the molecule is CCCC(C([N+](=O)[O-])S(=O)(=O)c1ccccc1)C([N+](=O)[O-])S(=O)(=O)c1ccccc1. The first-order valence-corrected chi connectivity index (χ1v) is 12.0.